The first-order chi connectivity index (χ1) is 12.2. The van der Waals surface area contributed by atoms with Gasteiger partial charge < -0.3 is 25.3 Å². The first kappa shape index (κ1) is 16.8. The second-order valence-electron chi connectivity index (χ2n) is 5.75. The fourth-order valence-electron chi connectivity index (χ4n) is 2.71. The largest absolute Gasteiger partial charge is 0.459 e. The molecule has 2 aromatic heterocycles. The maximum atomic E-state index is 11.9. The summed E-state index contributed by atoms with van der Waals surface area (Å²) >= 11 is 0. The van der Waals surface area contributed by atoms with Gasteiger partial charge in [-0.15, -0.1) is 0 Å². The maximum Gasteiger partial charge on any atom is 0.315 e. The van der Waals surface area contributed by atoms with Crippen molar-refractivity contribution in [3.05, 3.63) is 48.6 Å². The molecule has 1 aliphatic rings. The van der Waals surface area contributed by atoms with Gasteiger partial charge in [0.05, 0.1) is 6.26 Å². The van der Waals surface area contributed by atoms with Crippen molar-refractivity contribution in [2.45, 2.75) is 12.5 Å². The smallest absolute Gasteiger partial charge is 0.315 e. The lowest BCUT2D eigenvalue weighted by Gasteiger charge is -2.18. The van der Waals surface area contributed by atoms with Crippen LogP contribution in [0.25, 0.3) is 0 Å². The van der Waals surface area contributed by atoms with E-state index in [9.17, 15) is 9.59 Å². The van der Waals surface area contributed by atoms with Crippen LogP contribution in [0.4, 0.5) is 10.6 Å². The zero-order valence-corrected chi connectivity index (χ0v) is 13.8. The maximum absolute atomic E-state index is 11.9. The standard InChI is InChI=1S/C17H21N5O3/c23-16(14-4-3-11-25-14)19-8-9-20-17(24)21-13-6-10-22(12-13)15-5-1-2-7-18-15/h1-5,7,11,13H,6,8-10,12H2,(H,19,23)(H2,20,21,24). The number of rotatable bonds is 6. The van der Waals surface area contributed by atoms with Gasteiger partial charge in [0.2, 0.25) is 0 Å². The lowest BCUT2D eigenvalue weighted by Crippen LogP contribution is -2.45. The second kappa shape index (κ2) is 8.18. The molecule has 3 amide bonds. The summed E-state index contributed by atoms with van der Waals surface area (Å²) in [6.45, 7) is 2.27. The van der Waals surface area contributed by atoms with Crippen molar-refractivity contribution >= 4 is 17.8 Å². The van der Waals surface area contributed by atoms with Crippen molar-refractivity contribution in [2.24, 2.45) is 0 Å². The zero-order valence-electron chi connectivity index (χ0n) is 13.8. The van der Waals surface area contributed by atoms with Crippen LogP contribution in [0.3, 0.4) is 0 Å². The van der Waals surface area contributed by atoms with Crippen LogP contribution in [0.1, 0.15) is 17.0 Å². The second-order valence-corrected chi connectivity index (χ2v) is 5.75. The van der Waals surface area contributed by atoms with Gasteiger partial charge in [-0.2, -0.15) is 0 Å². The molecular formula is C17H21N5O3. The summed E-state index contributed by atoms with van der Waals surface area (Å²) in [6.07, 6.45) is 4.08. The molecule has 0 aromatic carbocycles. The Kier molecular flexibility index (Phi) is 5.50. The van der Waals surface area contributed by atoms with Crippen molar-refractivity contribution in [2.75, 3.05) is 31.1 Å². The Labute approximate surface area is 145 Å². The van der Waals surface area contributed by atoms with E-state index in [1.165, 1.54) is 6.26 Å². The van der Waals surface area contributed by atoms with Crippen LogP contribution in [-0.2, 0) is 0 Å². The highest BCUT2D eigenvalue weighted by Gasteiger charge is 2.24. The lowest BCUT2D eigenvalue weighted by atomic mass is 10.3. The Hall–Kier alpha value is -3.03. The number of aromatic nitrogens is 1. The molecule has 0 radical (unpaired) electrons. The monoisotopic (exact) mass is 343 g/mol. The summed E-state index contributed by atoms with van der Waals surface area (Å²) in [5.41, 5.74) is 0. The van der Waals surface area contributed by atoms with Gasteiger partial charge in [0.15, 0.2) is 5.76 Å². The molecule has 25 heavy (non-hydrogen) atoms. The van der Waals surface area contributed by atoms with E-state index >= 15 is 0 Å². The highest BCUT2D eigenvalue weighted by Crippen LogP contribution is 2.17. The van der Waals surface area contributed by atoms with E-state index in [2.05, 4.69) is 25.8 Å². The average Bonchev–Trinajstić information content (AvgIpc) is 3.31. The van der Waals surface area contributed by atoms with Crippen molar-refractivity contribution in [1.82, 2.24) is 20.9 Å². The molecule has 132 valence electrons. The fraction of sp³-hybridized carbons (Fsp3) is 0.353. The third-order valence-electron chi connectivity index (χ3n) is 3.94. The topological polar surface area (TPSA) is 99.5 Å². The molecule has 0 bridgehead atoms. The molecule has 1 fully saturated rings. The zero-order chi connectivity index (χ0) is 17.5. The van der Waals surface area contributed by atoms with E-state index in [1.54, 1.807) is 18.3 Å². The molecule has 8 heteroatoms. The Morgan fingerprint density at radius 1 is 1.20 bits per heavy atom. The van der Waals surface area contributed by atoms with Crippen molar-refractivity contribution in [1.29, 1.82) is 0 Å². The van der Waals surface area contributed by atoms with Gasteiger partial charge in [-0.3, -0.25) is 4.79 Å². The van der Waals surface area contributed by atoms with Crippen LogP contribution in [0.2, 0.25) is 0 Å². The molecular weight excluding hydrogens is 322 g/mol. The number of anilines is 1. The molecule has 3 rings (SSSR count). The predicted molar refractivity (Wildman–Crippen MR) is 92.4 cm³/mol. The summed E-state index contributed by atoms with van der Waals surface area (Å²) in [5, 5.41) is 8.35. The van der Waals surface area contributed by atoms with E-state index in [0.29, 0.717) is 13.1 Å². The first-order valence-electron chi connectivity index (χ1n) is 8.24. The number of nitrogens with zero attached hydrogens (tertiary/aromatic N) is 2. The lowest BCUT2D eigenvalue weighted by molar-refractivity contribution is 0.0926. The molecule has 0 saturated carbocycles. The van der Waals surface area contributed by atoms with Crippen LogP contribution in [0.5, 0.6) is 0 Å². The van der Waals surface area contributed by atoms with Crippen molar-refractivity contribution in [3.63, 3.8) is 0 Å². The molecule has 3 heterocycles. The SMILES string of the molecule is O=C(NCCNC(=O)c1ccco1)NC1CCN(c2ccccn2)C1. The third kappa shape index (κ3) is 4.72. The number of hydrogen-bond donors (Lipinski definition) is 3. The molecule has 1 saturated heterocycles. The Morgan fingerprint density at radius 3 is 2.84 bits per heavy atom. The van der Waals surface area contributed by atoms with E-state index in [1.807, 2.05) is 18.2 Å². The van der Waals surface area contributed by atoms with E-state index in [4.69, 9.17) is 4.42 Å². The first-order valence-corrected chi connectivity index (χ1v) is 8.24. The minimum absolute atomic E-state index is 0.0831. The number of amides is 3. The third-order valence-corrected chi connectivity index (χ3v) is 3.94. The van der Waals surface area contributed by atoms with Gasteiger partial charge in [0.25, 0.3) is 5.91 Å². The van der Waals surface area contributed by atoms with E-state index in [0.717, 1.165) is 25.3 Å². The van der Waals surface area contributed by atoms with E-state index < -0.39 is 0 Å². The van der Waals surface area contributed by atoms with Crippen LogP contribution >= 0.6 is 0 Å². The average molecular weight is 343 g/mol. The van der Waals surface area contributed by atoms with Crippen molar-refractivity contribution < 1.29 is 14.0 Å². The Bertz CT molecular complexity index is 690. The number of urea groups is 1. The Morgan fingerprint density at radius 2 is 2.08 bits per heavy atom. The molecule has 3 N–H and O–H groups in total. The van der Waals surface area contributed by atoms with Gasteiger partial charge in [0, 0.05) is 38.4 Å². The van der Waals surface area contributed by atoms with E-state index in [-0.39, 0.29) is 23.7 Å². The number of carbonyl (C=O) groups is 2. The van der Waals surface area contributed by atoms with Crippen LogP contribution in [0.15, 0.2) is 47.2 Å². The fourth-order valence-corrected chi connectivity index (χ4v) is 2.71. The summed E-state index contributed by atoms with van der Waals surface area (Å²) in [6, 6.07) is 8.88. The molecule has 0 aliphatic carbocycles. The normalized spacial score (nSPS) is 16.5. The van der Waals surface area contributed by atoms with Gasteiger partial charge in [-0.25, -0.2) is 9.78 Å². The molecule has 1 atom stereocenters. The number of hydrogen-bond acceptors (Lipinski definition) is 5. The molecule has 1 unspecified atom stereocenters. The quantitative estimate of drug-likeness (QED) is 0.679. The summed E-state index contributed by atoms with van der Waals surface area (Å²) in [5.74, 6) is 0.881. The minimum atomic E-state index is -0.297. The van der Waals surface area contributed by atoms with Gasteiger partial charge >= 0.3 is 6.03 Å². The van der Waals surface area contributed by atoms with Gasteiger partial charge in [-0.1, -0.05) is 6.07 Å². The van der Waals surface area contributed by atoms with Gasteiger partial charge in [-0.05, 0) is 30.7 Å². The highest BCUT2D eigenvalue weighted by atomic mass is 16.3. The highest BCUT2D eigenvalue weighted by molar-refractivity contribution is 5.91. The molecule has 1 aliphatic heterocycles. The molecule has 0 spiro atoms. The summed E-state index contributed by atoms with van der Waals surface area (Å²) in [7, 11) is 0. The van der Waals surface area contributed by atoms with Crippen LogP contribution in [-0.4, -0.2) is 49.1 Å². The van der Waals surface area contributed by atoms with Crippen LogP contribution < -0.4 is 20.9 Å². The van der Waals surface area contributed by atoms with Gasteiger partial charge in [0.1, 0.15) is 5.82 Å². The van der Waals surface area contributed by atoms with Crippen LogP contribution in [0, 0.1) is 0 Å². The Balaban J connectivity index is 1.32. The number of nitrogens with one attached hydrogen (secondary N) is 3. The molecule has 8 nitrogen and oxygen atoms in total. The number of furan rings is 1. The number of pyridine rings is 1. The van der Waals surface area contributed by atoms with Crippen molar-refractivity contribution in [3.8, 4) is 0 Å². The summed E-state index contributed by atoms with van der Waals surface area (Å²) < 4.78 is 4.99. The minimum Gasteiger partial charge on any atom is -0.459 e. The molecule has 2 aromatic rings. The summed E-state index contributed by atoms with van der Waals surface area (Å²) in [4.78, 5) is 30.1. The predicted octanol–water partition coefficient (Wildman–Crippen LogP) is 0.982. The number of carbonyl (C=O) groups excluding carboxylic acids is 2.